The van der Waals surface area contributed by atoms with Crippen molar-refractivity contribution in [2.75, 3.05) is 19.6 Å². The number of rotatable bonds is 5. The summed E-state index contributed by atoms with van der Waals surface area (Å²) in [6.45, 7) is 4.60. The van der Waals surface area contributed by atoms with Crippen LogP contribution in [0.2, 0.25) is 0 Å². The summed E-state index contributed by atoms with van der Waals surface area (Å²) >= 11 is 0. The van der Waals surface area contributed by atoms with Crippen molar-refractivity contribution in [3.63, 3.8) is 0 Å². The van der Waals surface area contributed by atoms with Crippen molar-refractivity contribution < 1.29 is 22.8 Å². The highest BCUT2D eigenvalue weighted by molar-refractivity contribution is 5.87. The largest absolute Gasteiger partial charge is 0.416 e. The zero-order chi connectivity index (χ0) is 24.1. The second kappa shape index (κ2) is 8.61. The first kappa shape index (κ1) is 23.5. The number of hydrogen-bond acceptors (Lipinski definition) is 5. The third kappa shape index (κ3) is 4.32. The maximum atomic E-state index is 13.3. The molecule has 10 heteroatoms. The van der Waals surface area contributed by atoms with E-state index in [1.54, 1.807) is 24.8 Å². The number of carbonyl (C=O) groups is 2. The zero-order valence-corrected chi connectivity index (χ0v) is 18.7. The van der Waals surface area contributed by atoms with Gasteiger partial charge >= 0.3 is 6.18 Å². The molecular weight excluding hydrogens is 435 g/mol. The molecule has 5 atom stereocenters. The maximum absolute atomic E-state index is 13.3. The van der Waals surface area contributed by atoms with Crippen molar-refractivity contribution in [3.05, 3.63) is 34.9 Å². The number of alkyl halides is 3. The fourth-order valence-corrected chi connectivity index (χ4v) is 5.49. The van der Waals surface area contributed by atoms with E-state index in [9.17, 15) is 28.0 Å². The highest BCUT2D eigenvalue weighted by Gasteiger charge is 2.51. The van der Waals surface area contributed by atoms with Gasteiger partial charge < -0.3 is 15.5 Å². The van der Waals surface area contributed by atoms with Crippen LogP contribution in [-0.2, 0) is 15.8 Å². The van der Waals surface area contributed by atoms with Crippen molar-refractivity contribution in [1.82, 2.24) is 14.7 Å². The first-order chi connectivity index (χ1) is 15.5. The molecule has 0 saturated carbocycles. The lowest BCUT2D eigenvalue weighted by molar-refractivity contribution is -0.141. The smallest absolute Gasteiger partial charge is 0.330 e. The highest BCUT2D eigenvalue weighted by atomic mass is 19.4. The van der Waals surface area contributed by atoms with Gasteiger partial charge in [0.2, 0.25) is 11.8 Å². The highest BCUT2D eigenvalue weighted by Crippen LogP contribution is 2.39. The van der Waals surface area contributed by atoms with Crippen LogP contribution in [0.3, 0.4) is 0 Å². The van der Waals surface area contributed by atoms with Gasteiger partial charge in [-0.05, 0) is 50.8 Å². The minimum Gasteiger partial charge on any atom is -0.330 e. The molecule has 1 aromatic carbocycles. The monoisotopic (exact) mass is 463 g/mol. The summed E-state index contributed by atoms with van der Waals surface area (Å²) in [4.78, 5) is 31.0. The van der Waals surface area contributed by atoms with Crippen LogP contribution in [0.4, 0.5) is 13.2 Å². The molecule has 178 valence electrons. The van der Waals surface area contributed by atoms with E-state index in [2.05, 4.69) is 6.07 Å². The van der Waals surface area contributed by atoms with Gasteiger partial charge in [0.1, 0.15) is 6.04 Å². The fourth-order valence-electron chi connectivity index (χ4n) is 5.49. The molecule has 4 rings (SSSR count). The summed E-state index contributed by atoms with van der Waals surface area (Å²) in [7, 11) is 0. The van der Waals surface area contributed by atoms with E-state index in [4.69, 9.17) is 5.73 Å². The number of benzene rings is 1. The topological polar surface area (TPSA) is 93.7 Å². The molecule has 0 aliphatic carbocycles. The Labute approximate surface area is 190 Å². The maximum Gasteiger partial charge on any atom is 0.416 e. The lowest BCUT2D eigenvalue weighted by Crippen LogP contribution is -2.56. The van der Waals surface area contributed by atoms with E-state index in [1.165, 1.54) is 4.90 Å². The van der Waals surface area contributed by atoms with Crippen LogP contribution in [0.25, 0.3) is 0 Å². The van der Waals surface area contributed by atoms with Gasteiger partial charge in [0.15, 0.2) is 0 Å². The Morgan fingerprint density at radius 3 is 2.70 bits per heavy atom. The van der Waals surface area contributed by atoms with E-state index < -0.39 is 35.9 Å². The van der Waals surface area contributed by atoms with Crippen LogP contribution in [0, 0.1) is 18.3 Å². The molecule has 2 bridgehead atoms. The number of halogens is 3. The lowest BCUT2D eigenvalue weighted by atomic mass is 9.99. The van der Waals surface area contributed by atoms with E-state index in [-0.39, 0.29) is 24.4 Å². The minimum absolute atomic E-state index is 0.145. The fraction of sp³-hybridized carbons (Fsp3) is 0.609. The SMILES string of the molecule is Cc1cc([C@H](C)N2C(=O)[C@@H]3CC2CN3C[C@H](N)C(=O)N2CCC[C@H]2C#N)cc(C(F)(F)F)c1. The van der Waals surface area contributed by atoms with E-state index in [0.717, 1.165) is 18.6 Å². The van der Waals surface area contributed by atoms with Gasteiger partial charge in [-0.25, -0.2) is 0 Å². The van der Waals surface area contributed by atoms with Gasteiger partial charge in [0.25, 0.3) is 0 Å². The molecule has 1 aromatic rings. The van der Waals surface area contributed by atoms with Crippen molar-refractivity contribution in [3.8, 4) is 6.07 Å². The van der Waals surface area contributed by atoms with Crippen molar-refractivity contribution in [1.29, 1.82) is 5.26 Å². The minimum atomic E-state index is -4.45. The van der Waals surface area contributed by atoms with E-state index in [0.29, 0.717) is 37.1 Å². The van der Waals surface area contributed by atoms with Gasteiger partial charge in [-0.1, -0.05) is 11.6 Å². The normalized spacial score (nSPS) is 27.2. The number of fused-ring (bicyclic) bond motifs is 2. The Hall–Kier alpha value is -2.64. The molecule has 3 heterocycles. The third-order valence-electron chi connectivity index (χ3n) is 7.07. The molecule has 0 aromatic heterocycles. The summed E-state index contributed by atoms with van der Waals surface area (Å²) in [6, 6.07) is 3.68. The molecule has 0 spiro atoms. The summed E-state index contributed by atoms with van der Waals surface area (Å²) < 4.78 is 39.8. The summed E-state index contributed by atoms with van der Waals surface area (Å²) in [5, 5.41) is 9.22. The Kier molecular flexibility index (Phi) is 6.14. The van der Waals surface area contributed by atoms with Crippen LogP contribution in [0.5, 0.6) is 0 Å². The lowest BCUT2D eigenvalue weighted by Gasteiger charge is -2.38. The molecule has 2 amide bonds. The molecule has 3 fully saturated rings. The second-order valence-electron chi connectivity index (χ2n) is 9.34. The molecule has 3 aliphatic rings. The molecule has 3 aliphatic heterocycles. The molecule has 1 unspecified atom stereocenters. The van der Waals surface area contributed by atoms with Gasteiger partial charge in [-0.2, -0.15) is 18.4 Å². The van der Waals surface area contributed by atoms with Gasteiger partial charge in [-0.15, -0.1) is 0 Å². The Balaban J connectivity index is 1.44. The number of nitrogens with two attached hydrogens (primary N) is 1. The van der Waals surface area contributed by atoms with Crippen LogP contribution < -0.4 is 5.73 Å². The molecular formula is C23H28F3N5O2. The number of nitrogens with zero attached hydrogens (tertiary/aromatic N) is 4. The standard InChI is InChI=1S/C23H28F3N5O2/c1-13-6-15(8-16(7-13)23(24,25)26)14(2)31-18-9-20(22(31)33)29(11-18)12-19(28)21(32)30-5-3-4-17(30)10-27/h6-8,14,17-20H,3-5,9,11-12,28H2,1-2H3/t14-,17-,18?,19-,20-/m0/s1. The molecule has 3 saturated heterocycles. The number of likely N-dealkylation sites (tertiary alicyclic amines) is 3. The van der Waals surface area contributed by atoms with Crippen molar-refractivity contribution in [2.45, 2.75) is 69.5 Å². The van der Waals surface area contributed by atoms with Gasteiger partial charge in [0, 0.05) is 25.7 Å². The Morgan fingerprint density at radius 1 is 1.33 bits per heavy atom. The van der Waals surface area contributed by atoms with Gasteiger partial charge in [0.05, 0.1) is 29.8 Å². The Morgan fingerprint density at radius 2 is 2.06 bits per heavy atom. The second-order valence-corrected chi connectivity index (χ2v) is 9.34. The number of piperazine rings is 1. The van der Waals surface area contributed by atoms with Crippen LogP contribution in [0.15, 0.2) is 18.2 Å². The molecule has 33 heavy (non-hydrogen) atoms. The quantitative estimate of drug-likeness (QED) is 0.723. The number of hydrogen-bond donors (Lipinski definition) is 1. The predicted octanol–water partition coefficient (Wildman–Crippen LogP) is 2.20. The summed E-state index contributed by atoms with van der Waals surface area (Å²) in [5.41, 5.74) is 6.39. The first-order valence-corrected chi connectivity index (χ1v) is 11.2. The average molecular weight is 464 g/mol. The summed E-state index contributed by atoms with van der Waals surface area (Å²) in [5.74, 6) is -0.427. The van der Waals surface area contributed by atoms with Crippen LogP contribution in [-0.4, -0.2) is 70.3 Å². The van der Waals surface area contributed by atoms with E-state index in [1.807, 2.05) is 4.90 Å². The number of nitriles is 1. The molecule has 2 N–H and O–H groups in total. The Bertz CT molecular complexity index is 991. The van der Waals surface area contributed by atoms with Crippen LogP contribution in [0.1, 0.15) is 48.9 Å². The van der Waals surface area contributed by atoms with Crippen LogP contribution >= 0.6 is 0 Å². The van der Waals surface area contributed by atoms with Gasteiger partial charge in [-0.3, -0.25) is 14.5 Å². The van der Waals surface area contributed by atoms with E-state index >= 15 is 0 Å². The number of amides is 2. The first-order valence-electron chi connectivity index (χ1n) is 11.2. The van der Waals surface area contributed by atoms with Crippen molar-refractivity contribution in [2.24, 2.45) is 5.73 Å². The number of carbonyl (C=O) groups excluding carboxylic acids is 2. The molecule has 7 nitrogen and oxygen atoms in total. The average Bonchev–Trinajstić information content (AvgIpc) is 3.46. The predicted molar refractivity (Wildman–Crippen MR) is 114 cm³/mol. The third-order valence-corrected chi connectivity index (χ3v) is 7.07. The number of aryl methyl sites for hydroxylation is 1. The van der Waals surface area contributed by atoms with Crippen molar-refractivity contribution >= 4 is 11.8 Å². The zero-order valence-electron chi connectivity index (χ0n) is 18.7. The molecule has 0 radical (unpaired) electrons. The summed E-state index contributed by atoms with van der Waals surface area (Å²) in [6.07, 6.45) is -2.48.